The summed E-state index contributed by atoms with van der Waals surface area (Å²) < 4.78 is 0. The van der Waals surface area contributed by atoms with Crippen LogP contribution in [0.4, 0.5) is 0 Å². The molecule has 5 nitrogen and oxygen atoms in total. The Labute approximate surface area is 151 Å². The Morgan fingerprint density at radius 1 is 1.24 bits per heavy atom. The fraction of sp³-hybridized carbons (Fsp3) is 0.600. The largest absolute Gasteiger partial charge is 0.355 e. The summed E-state index contributed by atoms with van der Waals surface area (Å²) >= 11 is 0. The predicted octanol–water partition coefficient (Wildman–Crippen LogP) is 1.93. The highest BCUT2D eigenvalue weighted by Gasteiger charge is 2.32. The van der Waals surface area contributed by atoms with Crippen LogP contribution in [-0.4, -0.2) is 48.9 Å². The van der Waals surface area contributed by atoms with Crippen LogP contribution in [0.15, 0.2) is 24.3 Å². The second-order valence-corrected chi connectivity index (χ2v) is 7.45. The van der Waals surface area contributed by atoms with Gasteiger partial charge in [0.15, 0.2) is 0 Å². The van der Waals surface area contributed by atoms with Crippen LogP contribution in [-0.2, 0) is 16.0 Å². The Kier molecular flexibility index (Phi) is 7.00. The fourth-order valence-electron chi connectivity index (χ4n) is 3.29. The molecule has 0 aromatic heterocycles. The molecule has 2 rings (SSSR count). The highest BCUT2D eigenvalue weighted by molar-refractivity contribution is 5.84. The Hall–Kier alpha value is -1.88. The summed E-state index contributed by atoms with van der Waals surface area (Å²) in [5.41, 5.74) is 2.55. The number of nitrogens with zero attached hydrogens (tertiary/aromatic N) is 1. The van der Waals surface area contributed by atoms with Crippen LogP contribution >= 0.6 is 0 Å². The van der Waals surface area contributed by atoms with E-state index in [-0.39, 0.29) is 30.3 Å². The Morgan fingerprint density at radius 2 is 1.92 bits per heavy atom. The van der Waals surface area contributed by atoms with Crippen molar-refractivity contribution in [1.29, 1.82) is 0 Å². The van der Waals surface area contributed by atoms with Crippen LogP contribution in [0, 0.1) is 5.92 Å². The summed E-state index contributed by atoms with van der Waals surface area (Å²) in [7, 11) is 0. The van der Waals surface area contributed by atoms with Crippen molar-refractivity contribution in [2.75, 3.05) is 26.2 Å². The van der Waals surface area contributed by atoms with E-state index in [2.05, 4.69) is 48.7 Å². The number of nitrogens with one attached hydrogen (secondary N) is 2. The second-order valence-electron chi connectivity index (χ2n) is 7.45. The average molecular weight is 345 g/mol. The maximum absolute atomic E-state index is 12.2. The second kappa shape index (κ2) is 8.99. The molecule has 1 aromatic rings. The highest BCUT2D eigenvalue weighted by atomic mass is 16.2. The Morgan fingerprint density at radius 3 is 2.52 bits per heavy atom. The van der Waals surface area contributed by atoms with Gasteiger partial charge in [0.1, 0.15) is 0 Å². The number of amides is 2. The van der Waals surface area contributed by atoms with E-state index in [0.717, 1.165) is 13.0 Å². The topological polar surface area (TPSA) is 61.4 Å². The van der Waals surface area contributed by atoms with E-state index in [1.54, 1.807) is 0 Å². The number of rotatable bonds is 7. The molecule has 1 aliphatic heterocycles. The van der Waals surface area contributed by atoms with E-state index < -0.39 is 0 Å². The zero-order valence-corrected chi connectivity index (χ0v) is 15.8. The van der Waals surface area contributed by atoms with Gasteiger partial charge in [-0.25, -0.2) is 0 Å². The lowest BCUT2D eigenvalue weighted by Gasteiger charge is -2.36. The first-order valence-corrected chi connectivity index (χ1v) is 9.25. The molecule has 5 heteroatoms. The minimum absolute atomic E-state index is 0.0147. The SMILES string of the molecule is CC(C)c1ccc(CCNC(=O)CN2CCNC(=O)C2C(C)C)cc1. The number of benzene rings is 1. The lowest BCUT2D eigenvalue weighted by Crippen LogP contribution is -2.59. The van der Waals surface area contributed by atoms with Crippen LogP contribution in [0.1, 0.15) is 44.7 Å². The first-order valence-electron chi connectivity index (χ1n) is 9.25. The third-order valence-corrected chi connectivity index (χ3v) is 4.72. The third kappa shape index (κ3) is 5.56. The van der Waals surface area contributed by atoms with Gasteiger partial charge in [0.2, 0.25) is 11.8 Å². The molecule has 1 aromatic carbocycles. The minimum atomic E-state index is -0.219. The lowest BCUT2D eigenvalue weighted by molar-refractivity contribution is -0.133. The zero-order chi connectivity index (χ0) is 18.4. The molecule has 2 N–H and O–H groups in total. The van der Waals surface area contributed by atoms with Gasteiger partial charge in [0.25, 0.3) is 0 Å². The molecule has 0 spiro atoms. The van der Waals surface area contributed by atoms with Gasteiger partial charge in [-0.2, -0.15) is 0 Å². The van der Waals surface area contributed by atoms with Gasteiger partial charge in [0, 0.05) is 19.6 Å². The molecule has 1 fully saturated rings. The van der Waals surface area contributed by atoms with Gasteiger partial charge in [-0.05, 0) is 29.4 Å². The van der Waals surface area contributed by atoms with Crippen molar-refractivity contribution in [2.45, 2.75) is 46.1 Å². The lowest BCUT2D eigenvalue weighted by atomic mass is 9.99. The summed E-state index contributed by atoms with van der Waals surface area (Å²) in [6.07, 6.45) is 0.818. The van der Waals surface area contributed by atoms with Crippen molar-refractivity contribution in [3.8, 4) is 0 Å². The van der Waals surface area contributed by atoms with Gasteiger partial charge in [-0.15, -0.1) is 0 Å². The van der Waals surface area contributed by atoms with Crippen molar-refractivity contribution < 1.29 is 9.59 Å². The standard InChI is InChI=1S/C20H31N3O2/c1-14(2)17-7-5-16(6-8-17)9-10-21-18(24)13-23-12-11-22-20(25)19(23)15(3)4/h5-8,14-15,19H,9-13H2,1-4H3,(H,21,24)(H,22,25). The van der Waals surface area contributed by atoms with E-state index in [4.69, 9.17) is 0 Å². The average Bonchev–Trinajstić information content (AvgIpc) is 2.55. The van der Waals surface area contributed by atoms with Crippen molar-refractivity contribution >= 4 is 11.8 Å². The monoisotopic (exact) mass is 345 g/mol. The quantitative estimate of drug-likeness (QED) is 0.794. The Balaban J connectivity index is 1.79. The van der Waals surface area contributed by atoms with Gasteiger partial charge in [-0.3, -0.25) is 14.5 Å². The van der Waals surface area contributed by atoms with Crippen LogP contribution in [0.2, 0.25) is 0 Å². The van der Waals surface area contributed by atoms with E-state index in [1.165, 1.54) is 11.1 Å². The van der Waals surface area contributed by atoms with Crippen LogP contribution in [0.3, 0.4) is 0 Å². The van der Waals surface area contributed by atoms with Gasteiger partial charge < -0.3 is 10.6 Å². The predicted molar refractivity (Wildman–Crippen MR) is 100 cm³/mol. The summed E-state index contributed by atoms with van der Waals surface area (Å²) in [5, 5.41) is 5.86. The molecule has 1 aliphatic rings. The minimum Gasteiger partial charge on any atom is -0.355 e. The molecule has 1 unspecified atom stereocenters. The smallest absolute Gasteiger partial charge is 0.237 e. The van der Waals surface area contributed by atoms with Crippen LogP contribution in [0.25, 0.3) is 0 Å². The summed E-state index contributed by atoms with van der Waals surface area (Å²) in [6.45, 7) is 10.6. The third-order valence-electron chi connectivity index (χ3n) is 4.72. The molecule has 1 saturated heterocycles. The van der Waals surface area contributed by atoms with Crippen molar-refractivity contribution in [2.24, 2.45) is 5.92 Å². The fourth-order valence-corrected chi connectivity index (χ4v) is 3.29. The van der Waals surface area contributed by atoms with Crippen molar-refractivity contribution in [3.63, 3.8) is 0 Å². The van der Waals surface area contributed by atoms with E-state index in [9.17, 15) is 9.59 Å². The first-order chi connectivity index (χ1) is 11.9. The van der Waals surface area contributed by atoms with Gasteiger partial charge in [-0.1, -0.05) is 52.0 Å². The van der Waals surface area contributed by atoms with E-state index in [1.807, 2.05) is 18.7 Å². The first kappa shape index (κ1) is 19.4. The number of carbonyl (C=O) groups is 2. The molecule has 0 saturated carbocycles. The van der Waals surface area contributed by atoms with E-state index >= 15 is 0 Å². The number of hydrogen-bond acceptors (Lipinski definition) is 3. The van der Waals surface area contributed by atoms with Crippen LogP contribution < -0.4 is 10.6 Å². The van der Waals surface area contributed by atoms with Gasteiger partial charge >= 0.3 is 0 Å². The summed E-state index contributed by atoms with van der Waals surface area (Å²) in [5.74, 6) is 0.732. The summed E-state index contributed by atoms with van der Waals surface area (Å²) in [4.78, 5) is 26.2. The maximum atomic E-state index is 12.2. The number of carbonyl (C=O) groups excluding carboxylic acids is 2. The molecular weight excluding hydrogens is 314 g/mol. The number of hydrogen-bond donors (Lipinski definition) is 2. The molecule has 138 valence electrons. The maximum Gasteiger partial charge on any atom is 0.237 e. The molecule has 0 aliphatic carbocycles. The van der Waals surface area contributed by atoms with Crippen molar-refractivity contribution in [3.05, 3.63) is 35.4 Å². The zero-order valence-electron chi connectivity index (χ0n) is 15.8. The van der Waals surface area contributed by atoms with E-state index in [0.29, 0.717) is 19.0 Å². The molecule has 25 heavy (non-hydrogen) atoms. The molecule has 2 amide bonds. The normalized spacial score (nSPS) is 18.5. The van der Waals surface area contributed by atoms with Crippen LogP contribution in [0.5, 0.6) is 0 Å². The Bertz CT molecular complexity index is 581. The molecule has 0 radical (unpaired) electrons. The molecular formula is C20H31N3O2. The molecule has 1 heterocycles. The van der Waals surface area contributed by atoms with Gasteiger partial charge in [0.05, 0.1) is 12.6 Å². The highest BCUT2D eigenvalue weighted by Crippen LogP contribution is 2.15. The molecule has 0 bridgehead atoms. The summed E-state index contributed by atoms with van der Waals surface area (Å²) in [6, 6.07) is 8.35. The molecule has 1 atom stereocenters. The number of piperazine rings is 1. The van der Waals surface area contributed by atoms with Crippen molar-refractivity contribution in [1.82, 2.24) is 15.5 Å².